The predicted molar refractivity (Wildman–Crippen MR) is 93.6 cm³/mol. The Bertz CT molecular complexity index is 715. The first-order valence-electron chi connectivity index (χ1n) is 7.74. The Morgan fingerprint density at radius 1 is 1.23 bits per heavy atom. The lowest BCUT2D eigenvalue weighted by molar-refractivity contribution is -0.385. The van der Waals surface area contributed by atoms with Crippen LogP contribution in [0.3, 0.4) is 0 Å². The van der Waals surface area contributed by atoms with Crippen LogP contribution in [0.5, 0.6) is 11.5 Å². The number of hydrogen-bond donors (Lipinski definition) is 0. The summed E-state index contributed by atoms with van der Waals surface area (Å²) < 4.78 is 15.0. The van der Waals surface area contributed by atoms with Crippen molar-refractivity contribution in [2.24, 2.45) is 0 Å². The van der Waals surface area contributed by atoms with Gasteiger partial charge in [-0.15, -0.1) is 0 Å². The zero-order valence-corrected chi connectivity index (χ0v) is 15.2. The number of carbonyl (C=O) groups excluding carboxylic acids is 2. The monoisotopic (exact) mass is 366 g/mol. The lowest BCUT2D eigenvalue weighted by Crippen LogP contribution is -2.35. The summed E-state index contributed by atoms with van der Waals surface area (Å²) in [6.07, 6.45) is 0. The van der Waals surface area contributed by atoms with Gasteiger partial charge in [0.25, 0.3) is 11.6 Å². The minimum Gasteiger partial charge on any atom is -0.493 e. The topological polar surface area (TPSA) is 108 Å². The SMILES string of the molecule is C=C(C)CN(CC)C(=O)COC(=O)c1cc(OC)c(OC)cc1[N+](=O)[O-]. The fraction of sp³-hybridized carbons (Fsp3) is 0.412. The molecular weight excluding hydrogens is 344 g/mol. The Balaban J connectivity index is 3.00. The van der Waals surface area contributed by atoms with Crippen molar-refractivity contribution in [2.45, 2.75) is 13.8 Å². The smallest absolute Gasteiger partial charge is 0.345 e. The molecule has 0 atom stereocenters. The molecule has 9 heteroatoms. The summed E-state index contributed by atoms with van der Waals surface area (Å²) in [5, 5.41) is 11.2. The Labute approximate surface area is 151 Å². The van der Waals surface area contributed by atoms with Crippen molar-refractivity contribution in [3.05, 3.63) is 40.0 Å². The molecule has 1 rings (SSSR count). The van der Waals surface area contributed by atoms with E-state index in [0.717, 1.165) is 17.7 Å². The van der Waals surface area contributed by atoms with Gasteiger partial charge >= 0.3 is 5.97 Å². The molecule has 1 aromatic rings. The standard InChI is InChI=1S/C17H22N2O7/c1-6-18(9-11(2)3)16(20)10-26-17(21)12-7-14(24-4)15(25-5)8-13(12)19(22)23/h7-8H,2,6,9-10H2,1,3-5H3. The predicted octanol–water partition coefficient (Wildman–Crippen LogP) is 2.19. The Morgan fingerprint density at radius 2 is 1.81 bits per heavy atom. The van der Waals surface area contributed by atoms with Crippen molar-refractivity contribution in [3.8, 4) is 11.5 Å². The number of nitrogens with zero attached hydrogens (tertiary/aromatic N) is 2. The molecule has 0 aliphatic heterocycles. The number of nitro groups is 1. The summed E-state index contributed by atoms with van der Waals surface area (Å²) >= 11 is 0. The van der Waals surface area contributed by atoms with Crippen LogP contribution < -0.4 is 9.47 Å². The van der Waals surface area contributed by atoms with E-state index in [9.17, 15) is 19.7 Å². The second kappa shape index (κ2) is 9.40. The number of likely N-dealkylation sites (N-methyl/N-ethyl adjacent to an activating group) is 1. The number of carbonyl (C=O) groups is 2. The summed E-state index contributed by atoms with van der Waals surface area (Å²) in [6, 6.07) is 2.21. The Hall–Kier alpha value is -3.10. The van der Waals surface area contributed by atoms with Gasteiger partial charge in [0.2, 0.25) is 0 Å². The number of methoxy groups -OCH3 is 2. The number of benzene rings is 1. The zero-order valence-electron chi connectivity index (χ0n) is 15.2. The van der Waals surface area contributed by atoms with Crippen molar-refractivity contribution in [1.29, 1.82) is 0 Å². The highest BCUT2D eigenvalue weighted by molar-refractivity contribution is 5.96. The minimum atomic E-state index is -1.00. The third-order valence-electron chi connectivity index (χ3n) is 3.44. The maximum absolute atomic E-state index is 12.3. The van der Waals surface area contributed by atoms with Crippen LogP contribution >= 0.6 is 0 Å². The van der Waals surface area contributed by atoms with Crippen LogP contribution in [-0.4, -0.2) is 55.6 Å². The van der Waals surface area contributed by atoms with Gasteiger partial charge in [0.1, 0.15) is 5.56 Å². The van der Waals surface area contributed by atoms with E-state index in [0.29, 0.717) is 13.1 Å². The van der Waals surface area contributed by atoms with Gasteiger partial charge in [-0.25, -0.2) is 4.79 Å². The maximum atomic E-state index is 12.3. The second-order valence-electron chi connectivity index (χ2n) is 5.42. The number of esters is 1. The van der Waals surface area contributed by atoms with Gasteiger partial charge in [-0.2, -0.15) is 0 Å². The van der Waals surface area contributed by atoms with Crippen LogP contribution in [0.25, 0.3) is 0 Å². The van der Waals surface area contributed by atoms with Crippen molar-refractivity contribution in [1.82, 2.24) is 4.90 Å². The van der Waals surface area contributed by atoms with Crippen molar-refractivity contribution < 1.29 is 28.7 Å². The first-order chi connectivity index (χ1) is 12.2. The van der Waals surface area contributed by atoms with E-state index in [2.05, 4.69) is 6.58 Å². The normalized spacial score (nSPS) is 10.0. The fourth-order valence-electron chi connectivity index (χ4n) is 2.18. The molecule has 1 amide bonds. The van der Waals surface area contributed by atoms with E-state index in [1.54, 1.807) is 13.8 Å². The second-order valence-corrected chi connectivity index (χ2v) is 5.42. The quantitative estimate of drug-likeness (QED) is 0.285. The highest BCUT2D eigenvalue weighted by atomic mass is 16.6. The lowest BCUT2D eigenvalue weighted by Gasteiger charge is -2.20. The number of nitro benzene ring substituents is 1. The molecule has 0 saturated carbocycles. The molecule has 0 spiro atoms. The molecule has 142 valence electrons. The van der Waals surface area contributed by atoms with Crippen LogP contribution in [-0.2, 0) is 9.53 Å². The molecule has 0 aromatic heterocycles. The van der Waals surface area contributed by atoms with Crippen LogP contribution in [0.15, 0.2) is 24.3 Å². The molecule has 9 nitrogen and oxygen atoms in total. The molecule has 0 N–H and O–H groups in total. The first kappa shape index (κ1) is 20.9. The van der Waals surface area contributed by atoms with Gasteiger partial charge in [-0.05, 0) is 13.8 Å². The van der Waals surface area contributed by atoms with E-state index in [-0.39, 0.29) is 17.1 Å². The molecule has 0 radical (unpaired) electrons. The third-order valence-corrected chi connectivity index (χ3v) is 3.44. The molecular formula is C17H22N2O7. The van der Waals surface area contributed by atoms with Gasteiger partial charge in [0, 0.05) is 19.2 Å². The summed E-state index contributed by atoms with van der Waals surface area (Å²) in [5.74, 6) is -1.19. The zero-order chi connectivity index (χ0) is 19.9. The van der Waals surface area contributed by atoms with Crippen LogP contribution in [0.1, 0.15) is 24.2 Å². The maximum Gasteiger partial charge on any atom is 0.345 e. The average molecular weight is 366 g/mol. The number of hydrogen-bond acceptors (Lipinski definition) is 7. The molecule has 0 aliphatic rings. The van der Waals surface area contributed by atoms with Crippen molar-refractivity contribution in [2.75, 3.05) is 33.9 Å². The third kappa shape index (κ3) is 5.20. The molecule has 0 saturated heterocycles. The van der Waals surface area contributed by atoms with Crippen LogP contribution in [0.4, 0.5) is 5.69 Å². The summed E-state index contributed by atoms with van der Waals surface area (Å²) in [4.78, 5) is 36.3. The minimum absolute atomic E-state index is 0.102. The molecule has 0 fully saturated rings. The van der Waals surface area contributed by atoms with E-state index in [1.165, 1.54) is 19.1 Å². The summed E-state index contributed by atoms with van der Waals surface area (Å²) in [7, 11) is 2.65. The van der Waals surface area contributed by atoms with Crippen molar-refractivity contribution >= 4 is 17.6 Å². The largest absolute Gasteiger partial charge is 0.493 e. The van der Waals surface area contributed by atoms with E-state index in [1.807, 2.05) is 0 Å². The highest BCUT2D eigenvalue weighted by Crippen LogP contribution is 2.34. The van der Waals surface area contributed by atoms with E-state index in [4.69, 9.17) is 14.2 Å². The van der Waals surface area contributed by atoms with Crippen LogP contribution in [0.2, 0.25) is 0 Å². The van der Waals surface area contributed by atoms with E-state index >= 15 is 0 Å². The number of ether oxygens (including phenoxy) is 3. The summed E-state index contributed by atoms with van der Waals surface area (Å²) in [5.41, 5.74) is -0.0557. The Morgan fingerprint density at radius 3 is 2.27 bits per heavy atom. The van der Waals surface area contributed by atoms with Gasteiger partial charge < -0.3 is 19.1 Å². The number of rotatable bonds is 9. The number of amides is 1. The van der Waals surface area contributed by atoms with Gasteiger partial charge in [0.05, 0.1) is 25.2 Å². The van der Waals surface area contributed by atoms with E-state index < -0.39 is 29.1 Å². The fourth-order valence-corrected chi connectivity index (χ4v) is 2.18. The lowest BCUT2D eigenvalue weighted by atomic mass is 10.1. The first-order valence-corrected chi connectivity index (χ1v) is 7.74. The molecule has 0 heterocycles. The molecule has 0 aliphatic carbocycles. The van der Waals surface area contributed by atoms with Crippen molar-refractivity contribution in [3.63, 3.8) is 0 Å². The van der Waals surface area contributed by atoms with Gasteiger partial charge in [-0.1, -0.05) is 12.2 Å². The van der Waals surface area contributed by atoms with Crippen LogP contribution in [0, 0.1) is 10.1 Å². The average Bonchev–Trinajstić information content (AvgIpc) is 2.62. The molecule has 1 aromatic carbocycles. The molecule has 0 bridgehead atoms. The summed E-state index contributed by atoms with van der Waals surface area (Å²) in [6.45, 7) is 7.50. The Kier molecular flexibility index (Phi) is 7.57. The highest BCUT2D eigenvalue weighted by Gasteiger charge is 2.26. The molecule has 26 heavy (non-hydrogen) atoms. The van der Waals surface area contributed by atoms with Gasteiger partial charge in [-0.3, -0.25) is 14.9 Å². The van der Waals surface area contributed by atoms with Gasteiger partial charge in [0.15, 0.2) is 18.1 Å². The molecule has 0 unspecified atom stereocenters.